The van der Waals surface area contributed by atoms with Gasteiger partial charge in [-0.1, -0.05) is 97.9 Å². The number of amides is 2. The van der Waals surface area contributed by atoms with Crippen molar-refractivity contribution in [3.63, 3.8) is 0 Å². The molecule has 2 amide bonds. The average molecular weight is 908 g/mol. The van der Waals surface area contributed by atoms with Crippen molar-refractivity contribution in [1.29, 1.82) is 0 Å². The van der Waals surface area contributed by atoms with Crippen LogP contribution in [0, 0.1) is 6.92 Å². The first-order valence-electron chi connectivity index (χ1n) is 22.0. The molecule has 8 aromatic carbocycles. The molecule has 0 atom stereocenters. The predicted octanol–water partition coefficient (Wildman–Crippen LogP) is 12.3. The minimum absolute atomic E-state index is 0. The number of imidazole rings is 2. The van der Waals surface area contributed by atoms with Crippen molar-refractivity contribution in [3.8, 4) is 22.8 Å². The van der Waals surface area contributed by atoms with Gasteiger partial charge in [-0.25, -0.2) is 9.97 Å². The Labute approximate surface area is 399 Å². The summed E-state index contributed by atoms with van der Waals surface area (Å²) in [5, 5.41) is 5.80. The van der Waals surface area contributed by atoms with E-state index in [0.717, 1.165) is 61.4 Å². The molecule has 340 valence electrons. The fraction of sp³-hybridized carbons (Fsp3) is 0.0690. The molecule has 0 saturated carbocycles. The largest absolute Gasteiger partial charge is 0.399 e. The molecule has 11 heteroatoms. The third-order valence-corrected chi connectivity index (χ3v) is 11.3. The predicted molar refractivity (Wildman–Crippen MR) is 277 cm³/mol. The highest BCUT2D eigenvalue weighted by molar-refractivity contribution is 6.05. The number of nitrogens with one attached hydrogen (secondary N) is 4. The van der Waals surface area contributed by atoms with Crippen molar-refractivity contribution in [2.75, 3.05) is 16.4 Å². The SMILES string of the molecule is C.Cc1ccc(C(=O)Nc2ccc(-c3nc4ccc(CC(=O)c5ccc(N)cc5)cc4[nH]3)cc2)cc1.O=C(Cc1ccc2nc(-c3ccc(C(=O)Nc4ccccc4)cc3)[nH]c2c1)c1ccccc1. The third-order valence-electron chi connectivity index (χ3n) is 11.3. The number of carbonyl (C=O) groups excluding carboxylic acids is 4. The van der Waals surface area contributed by atoms with Gasteiger partial charge in [0.1, 0.15) is 11.6 Å². The number of aryl methyl sites for hydroxylation is 1. The van der Waals surface area contributed by atoms with E-state index in [2.05, 4.69) is 30.6 Å². The van der Waals surface area contributed by atoms with Crippen LogP contribution >= 0.6 is 0 Å². The number of anilines is 3. The van der Waals surface area contributed by atoms with Crippen LogP contribution < -0.4 is 16.4 Å². The minimum atomic E-state index is -0.162. The van der Waals surface area contributed by atoms with Gasteiger partial charge in [0.15, 0.2) is 11.6 Å². The summed E-state index contributed by atoms with van der Waals surface area (Å²) < 4.78 is 0. The summed E-state index contributed by atoms with van der Waals surface area (Å²) >= 11 is 0. The van der Waals surface area contributed by atoms with E-state index >= 15 is 0 Å². The maximum Gasteiger partial charge on any atom is 0.255 e. The quantitative estimate of drug-likeness (QED) is 0.0598. The first kappa shape index (κ1) is 46.3. The Morgan fingerprint density at radius 2 is 0.870 bits per heavy atom. The molecule has 6 N–H and O–H groups in total. The first-order chi connectivity index (χ1) is 33.1. The van der Waals surface area contributed by atoms with Crippen LogP contribution in [0.5, 0.6) is 0 Å². The van der Waals surface area contributed by atoms with E-state index in [0.29, 0.717) is 52.3 Å². The standard InChI is InChI=1S/C29H24N4O2.C28H21N3O2.CH4/c1-18-2-5-22(6-3-18)29(35)31-24-13-9-21(10-14-24)28-32-25-15-4-19(16-26(25)33-28)17-27(34)20-7-11-23(30)12-8-20;32-26(20-7-3-1-4-8-20)18-19-11-16-24-25(17-19)31-27(30-24)21-12-14-22(15-13-21)28(33)29-23-9-5-2-6-10-23;/h2-16H,17,30H2,1H3,(H,31,35)(H,32,33);1-17H,18H2,(H,29,33)(H,30,31);1H4. The Bertz CT molecular complexity index is 3400. The van der Waals surface area contributed by atoms with E-state index in [1.807, 2.05) is 165 Å². The molecule has 0 saturated heterocycles. The Morgan fingerprint density at radius 1 is 0.464 bits per heavy atom. The number of hydrogen-bond donors (Lipinski definition) is 5. The molecule has 10 rings (SSSR count). The Morgan fingerprint density at radius 3 is 1.36 bits per heavy atom. The summed E-state index contributed by atoms with van der Waals surface area (Å²) in [5.41, 5.74) is 18.4. The molecule has 0 fully saturated rings. The van der Waals surface area contributed by atoms with Gasteiger partial charge in [-0.2, -0.15) is 0 Å². The van der Waals surface area contributed by atoms with Gasteiger partial charge in [-0.3, -0.25) is 19.2 Å². The molecule has 0 aliphatic rings. The molecule has 11 nitrogen and oxygen atoms in total. The Kier molecular flexibility index (Phi) is 14.1. The van der Waals surface area contributed by atoms with Gasteiger partial charge in [0.2, 0.25) is 0 Å². The number of hydrogen-bond acceptors (Lipinski definition) is 7. The third kappa shape index (κ3) is 11.4. The van der Waals surface area contributed by atoms with Gasteiger partial charge in [-0.05, 0) is 127 Å². The Balaban J connectivity index is 0.000000184. The lowest BCUT2D eigenvalue weighted by Crippen LogP contribution is -2.11. The van der Waals surface area contributed by atoms with Crippen molar-refractivity contribution in [2.24, 2.45) is 0 Å². The molecule has 0 radical (unpaired) electrons. The lowest BCUT2D eigenvalue weighted by atomic mass is 10.0. The molecular formula is C58H49N7O4. The Hall–Kier alpha value is -9.22. The van der Waals surface area contributed by atoms with E-state index in [1.54, 1.807) is 36.4 Å². The van der Waals surface area contributed by atoms with Crippen LogP contribution in [-0.4, -0.2) is 43.3 Å². The van der Waals surface area contributed by atoms with Crippen LogP contribution in [-0.2, 0) is 12.8 Å². The lowest BCUT2D eigenvalue weighted by molar-refractivity contribution is 0.0985. The average Bonchev–Trinajstić information content (AvgIpc) is 4.00. The number of carbonyl (C=O) groups is 4. The number of aromatic nitrogens is 4. The topological polar surface area (TPSA) is 176 Å². The van der Waals surface area contributed by atoms with Crippen LogP contribution in [0.4, 0.5) is 17.1 Å². The van der Waals surface area contributed by atoms with Crippen LogP contribution in [0.2, 0.25) is 0 Å². The molecule has 2 aromatic heterocycles. The summed E-state index contributed by atoms with van der Waals surface area (Å²) in [6, 6.07) is 59.5. The lowest BCUT2D eigenvalue weighted by Gasteiger charge is -2.06. The number of nitrogen functional groups attached to an aromatic ring is 1. The number of para-hydroxylation sites is 1. The van der Waals surface area contributed by atoms with E-state index in [4.69, 9.17) is 5.73 Å². The number of fused-ring (bicyclic) bond motifs is 2. The van der Waals surface area contributed by atoms with Gasteiger partial charge < -0.3 is 26.3 Å². The van der Waals surface area contributed by atoms with E-state index in [9.17, 15) is 19.2 Å². The molecule has 10 aromatic rings. The van der Waals surface area contributed by atoms with Crippen LogP contribution in [0.15, 0.2) is 194 Å². The fourth-order valence-corrected chi connectivity index (χ4v) is 7.60. The molecule has 0 unspecified atom stereocenters. The zero-order valence-corrected chi connectivity index (χ0v) is 37.0. The van der Waals surface area contributed by atoms with Crippen molar-refractivity contribution < 1.29 is 19.2 Å². The zero-order chi connectivity index (χ0) is 47.0. The van der Waals surface area contributed by atoms with E-state index in [1.165, 1.54) is 0 Å². The second-order valence-corrected chi connectivity index (χ2v) is 16.4. The molecular weight excluding hydrogens is 859 g/mol. The van der Waals surface area contributed by atoms with Crippen molar-refractivity contribution in [1.82, 2.24) is 19.9 Å². The van der Waals surface area contributed by atoms with Gasteiger partial charge in [0.05, 0.1) is 22.1 Å². The number of rotatable bonds is 12. The fourth-order valence-electron chi connectivity index (χ4n) is 7.60. The zero-order valence-electron chi connectivity index (χ0n) is 37.0. The molecule has 2 heterocycles. The van der Waals surface area contributed by atoms with Crippen LogP contribution in [0.3, 0.4) is 0 Å². The highest BCUT2D eigenvalue weighted by Gasteiger charge is 2.14. The van der Waals surface area contributed by atoms with Crippen molar-refractivity contribution in [3.05, 3.63) is 233 Å². The van der Waals surface area contributed by atoms with Crippen LogP contribution in [0.25, 0.3) is 44.8 Å². The number of benzene rings is 8. The smallest absolute Gasteiger partial charge is 0.255 e. The monoisotopic (exact) mass is 907 g/mol. The van der Waals surface area contributed by atoms with Gasteiger partial charge >= 0.3 is 0 Å². The molecule has 0 spiro atoms. The minimum Gasteiger partial charge on any atom is -0.399 e. The van der Waals surface area contributed by atoms with E-state index in [-0.39, 0.29) is 30.8 Å². The summed E-state index contributed by atoms with van der Waals surface area (Å²) in [6.45, 7) is 1.99. The van der Waals surface area contributed by atoms with Gasteiger partial charge in [-0.15, -0.1) is 0 Å². The van der Waals surface area contributed by atoms with Gasteiger partial charge in [0.25, 0.3) is 11.8 Å². The van der Waals surface area contributed by atoms with Crippen molar-refractivity contribution >= 4 is 62.5 Å². The number of nitrogens with zero attached hydrogens (tertiary/aromatic N) is 2. The summed E-state index contributed by atoms with van der Waals surface area (Å²) in [4.78, 5) is 66.1. The van der Waals surface area contributed by atoms with E-state index < -0.39 is 0 Å². The molecule has 69 heavy (non-hydrogen) atoms. The normalized spacial score (nSPS) is 10.7. The molecule has 0 aliphatic carbocycles. The van der Waals surface area contributed by atoms with Crippen LogP contribution in [0.1, 0.15) is 65.5 Å². The highest BCUT2D eigenvalue weighted by Crippen LogP contribution is 2.26. The first-order valence-corrected chi connectivity index (χ1v) is 22.0. The molecule has 0 bridgehead atoms. The second kappa shape index (κ2) is 21.0. The summed E-state index contributed by atoms with van der Waals surface area (Å²) in [7, 11) is 0. The number of ketones is 2. The number of aromatic amines is 2. The number of Topliss-reactive ketones (excluding diaryl/α,β-unsaturated/α-hetero) is 2. The molecule has 0 aliphatic heterocycles. The number of nitrogens with two attached hydrogens (primary N) is 1. The highest BCUT2D eigenvalue weighted by atomic mass is 16.2. The number of H-pyrrole nitrogens is 2. The summed E-state index contributed by atoms with van der Waals surface area (Å²) in [6.07, 6.45) is 0.628. The summed E-state index contributed by atoms with van der Waals surface area (Å²) in [5.74, 6) is 1.24. The van der Waals surface area contributed by atoms with Crippen molar-refractivity contribution in [2.45, 2.75) is 27.2 Å². The maximum atomic E-state index is 12.6. The second-order valence-electron chi connectivity index (χ2n) is 16.4. The maximum absolute atomic E-state index is 12.6. The van der Waals surface area contributed by atoms with Gasteiger partial charge in [0, 0.05) is 63.3 Å².